The van der Waals surface area contributed by atoms with Gasteiger partial charge in [0.2, 0.25) is 0 Å². The molecule has 1 saturated heterocycles. The van der Waals surface area contributed by atoms with Gasteiger partial charge in [0.1, 0.15) is 11.4 Å². The van der Waals surface area contributed by atoms with Crippen molar-refractivity contribution in [2.24, 2.45) is 7.05 Å². The summed E-state index contributed by atoms with van der Waals surface area (Å²) in [6, 6.07) is 15.1. The lowest BCUT2D eigenvalue weighted by Crippen LogP contribution is -2.48. The third-order valence-corrected chi connectivity index (χ3v) is 6.51. The first-order valence-corrected chi connectivity index (χ1v) is 11.3. The maximum atomic E-state index is 13.5. The second-order valence-corrected chi connectivity index (χ2v) is 8.64. The quantitative estimate of drug-likeness (QED) is 0.567. The highest BCUT2D eigenvalue weighted by Crippen LogP contribution is 2.40. The monoisotopic (exact) mass is 465 g/mol. The van der Waals surface area contributed by atoms with Gasteiger partial charge in [-0.25, -0.2) is 14.0 Å². The van der Waals surface area contributed by atoms with E-state index in [4.69, 9.17) is 4.74 Å². The summed E-state index contributed by atoms with van der Waals surface area (Å²) < 4.78 is 20.9. The molecule has 1 fully saturated rings. The molecule has 1 N–H and O–H groups in total. The Morgan fingerprint density at radius 3 is 2.44 bits per heavy atom. The Hall–Kier alpha value is -3.52. The first-order chi connectivity index (χ1) is 16.3. The van der Waals surface area contributed by atoms with Gasteiger partial charge in [0.25, 0.3) is 0 Å². The highest BCUT2D eigenvalue weighted by Gasteiger charge is 2.43. The average molecular weight is 466 g/mol. The van der Waals surface area contributed by atoms with E-state index in [1.54, 1.807) is 36.3 Å². The number of aromatic nitrogens is 2. The molecule has 1 aliphatic rings. The van der Waals surface area contributed by atoms with Gasteiger partial charge in [-0.05, 0) is 49.1 Å². The van der Waals surface area contributed by atoms with E-state index in [0.717, 1.165) is 16.7 Å². The van der Waals surface area contributed by atoms with E-state index in [9.17, 15) is 19.1 Å². The number of amides is 1. The van der Waals surface area contributed by atoms with E-state index in [-0.39, 0.29) is 24.2 Å². The van der Waals surface area contributed by atoms with Crippen LogP contribution in [0.5, 0.6) is 0 Å². The summed E-state index contributed by atoms with van der Waals surface area (Å²) in [7, 11) is 1.65. The molecule has 0 radical (unpaired) electrons. The van der Waals surface area contributed by atoms with E-state index >= 15 is 0 Å². The molecule has 0 aliphatic carbocycles. The van der Waals surface area contributed by atoms with Gasteiger partial charge in [0.05, 0.1) is 11.7 Å². The molecule has 34 heavy (non-hydrogen) atoms. The predicted molar refractivity (Wildman–Crippen MR) is 126 cm³/mol. The van der Waals surface area contributed by atoms with Crippen molar-refractivity contribution in [1.29, 1.82) is 0 Å². The fraction of sp³-hybridized carbons (Fsp3) is 0.346. The van der Waals surface area contributed by atoms with Gasteiger partial charge >= 0.3 is 11.8 Å². The Labute approximate surface area is 197 Å². The van der Waals surface area contributed by atoms with E-state index in [2.05, 4.69) is 4.98 Å². The Balaban J connectivity index is 1.52. The molecule has 1 aliphatic heterocycles. The van der Waals surface area contributed by atoms with Crippen LogP contribution in [0.25, 0.3) is 11.3 Å². The van der Waals surface area contributed by atoms with Crippen molar-refractivity contribution in [3.8, 4) is 11.3 Å². The number of carbonyl (C=O) groups excluding carboxylic acids is 1. The normalized spacial score (nSPS) is 19.1. The molecule has 3 aromatic rings. The van der Waals surface area contributed by atoms with Crippen LogP contribution in [-0.2, 0) is 17.4 Å². The number of carbonyl (C=O) groups is 1. The molecular formula is C26H28FN3O4. The number of benzene rings is 2. The Morgan fingerprint density at radius 2 is 1.82 bits per heavy atom. The van der Waals surface area contributed by atoms with Crippen LogP contribution in [0.4, 0.5) is 9.18 Å². The lowest BCUT2D eigenvalue weighted by Gasteiger charge is -2.43. The van der Waals surface area contributed by atoms with Crippen molar-refractivity contribution in [2.45, 2.75) is 37.8 Å². The number of hydrogen-bond acceptors (Lipinski definition) is 5. The van der Waals surface area contributed by atoms with E-state index in [0.29, 0.717) is 31.5 Å². The number of aliphatic hydroxyl groups excluding tert-OH is 1. The maximum Gasteiger partial charge on any atom is 0.411 e. The number of nitrogens with zero attached hydrogens (tertiary/aromatic N) is 3. The second kappa shape index (κ2) is 9.77. The minimum atomic E-state index is -0.890. The number of halogens is 1. The smallest absolute Gasteiger partial charge is 0.411 e. The van der Waals surface area contributed by atoms with E-state index in [1.165, 1.54) is 16.7 Å². The fourth-order valence-corrected chi connectivity index (χ4v) is 4.40. The Bertz CT molecular complexity index is 1210. The van der Waals surface area contributed by atoms with Crippen molar-refractivity contribution >= 4 is 6.09 Å². The topological polar surface area (TPSA) is 84.7 Å². The minimum Gasteiger partial charge on any atom is -0.438 e. The highest BCUT2D eigenvalue weighted by atomic mass is 19.1. The van der Waals surface area contributed by atoms with E-state index < -0.39 is 11.7 Å². The largest absolute Gasteiger partial charge is 0.438 e. The zero-order chi connectivity index (χ0) is 24.3. The number of cyclic esters (lactones) is 1. The number of aryl methyl sites for hydroxylation is 1. The van der Waals surface area contributed by atoms with Crippen molar-refractivity contribution in [3.63, 3.8) is 0 Å². The molecule has 0 bridgehead atoms. The molecule has 0 saturated carbocycles. The molecule has 0 spiro atoms. The average Bonchev–Trinajstić information content (AvgIpc) is 2.84. The van der Waals surface area contributed by atoms with Gasteiger partial charge in [-0.15, -0.1) is 0 Å². The summed E-state index contributed by atoms with van der Waals surface area (Å²) in [5.41, 5.74) is 1.85. The number of ether oxygens (including phenoxy) is 1. The lowest BCUT2D eigenvalue weighted by atomic mass is 9.84. The predicted octanol–water partition coefficient (Wildman–Crippen LogP) is 4.16. The summed E-state index contributed by atoms with van der Waals surface area (Å²) in [6.45, 7) is 2.38. The van der Waals surface area contributed by atoms with Crippen molar-refractivity contribution < 1.29 is 19.0 Å². The van der Waals surface area contributed by atoms with Crippen LogP contribution in [0.2, 0.25) is 0 Å². The number of rotatable bonds is 7. The summed E-state index contributed by atoms with van der Waals surface area (Å²) in [4.78, 5) is 30.7. The third kappa shape index (κ3) is 4.72. The fourth-order valence-electron chi connectivity index (χ4n) is 4.40. The van der Waals surface area contributed by atoms with Gasteiger partial charge in [-0.1, -0.05) is 36.4 Å². The molecule has 1 amide bonds. The lowest BCUT2D eigenvalue weighted by molar-refractivity contribution is -0.0680. The molecule has 7 nitrogen and oxygen atoms in total. The zero-order valence-corrected chi connectivity index (χ0v) is 19.3. The molecule has 178 valence electrons. The van der Waals surface area contributed by atoms with Crippen LogP contribution in [-0.4, -0.2) is 38.8 Å². The van der Waals surface area contributed by atoms with Crippen LogP contribution in [0.3, 0.4) is 0 Å². The highest BCUT2D eigenvalue weighted by molar-refractivity contribution is 5.70. The molecular weight excluding hydrogens is 437 g/mol. The standard InChI is InChI=1S/C26H28FN3O4/c1-18(19-4-6-20(7-5-19)23-12-15-29(2)24(32)28-23)30-16-14-26(13-3-17-31,34-25(30)33)21-8-10-22(27)11-9-21/h4-12,15,18,31H,3,13-14,16-17H2,1-2H3/t18-,26?/m0/s1. The summed E-state index contributed by atoms with van der Waals surface area (Å²) in [5, 5.41) is 9.36. The SMILES string of the molecule is C[C@@H](c1ccc(-c2ccn(C)c(=O)n2)cc1)N1CCC(CCCO)(c2ccc(F)cc2)OC1=O. The van der Waals surface area contributed by atoms with Crippen molar-refractivity contribution in [3.05, 3.63) is 88.2 Å². The zero-order valence-electron chi connectivity index (χ0n) is 19.3. The number of aliphatic hydroxyl groups is 1. The molecule has 4 rings (SSSR count). The van der Waals surface area contributed by atoms with Crippen LogP contribution in [0.1, 0.15) is 43.4 Å². The van der Waals surface area contributed by atoms with E-state index in [1.807, 2.05) is 31.2 Å². The molecule has 2 atom stereocenters. The molecule has 1 aromatic heterocycles. The third-order valence-electron chi connectivity index (χ3n) is 6.51. The van der Waals surface area contributed by atoms with Crippen LogP contribution in [0.15, 0.2) is 65.6 Å². The van der Waals surface area contributed by atoms with Gasteiger partial charge in [-0.3, -0.25) is 0 Å². The number of hydrogen-bond donors (Lipinski definition) is 1. The van der Waals surface area contributed by atoms with Crippen LogP contribution in [0, 0.1) is 5.82 Å². The van der Waals surface area contributed by atoms with Crippen molar-refractivity contribution in [2.75, 3.05) is 13.2 Å². The van der Waals surface area contributed by atoms with Gasteiger partial charge in [-0.2, -0.15) is 4.98 Å². The molecule has 2 aromatic carbocycles. The summed E-state index contributed by atoms with van der Waals surface area (Å²) in [6.07, 6.45) is 2.69. The minimum absolute atomic E-state index is 0.0185. The molecule has 8 heteroatoms. The van der Waals surface area contributed by atoms with Gasteiger partial charge < -0.3 is 19.3 Å². The van der Waals surface area contributed by atoms with Gasteiger partial charge in [0.15, 0.2) is 0 Å². The van der Waals surface area contributed by atoms with Crippen LogP contribution < -0.4 is 5.69 Å². The Morgan fingerprint density at radius 1 is 1.12 bits per heavy atom. The summed E-state index contributed by atoms with van der Waals surface area (Å²) in [5.74, 6) is -0.354. The summed E-state index contributed by atoms with van der Waals surface area (Å²) >= 11 is 0. The van der Waals surface area contributed by atoms with Crippen molar-refractivity contribution in [1.82, 2.24) is 14.5 Å². The second-order valence-electron chi connectivity index (χ2n) is 8.64. The first kappa shape index (κ1) is 23.6. The van der Waals surface area contributed by atoms with Crippen LogP contribution >= 0.6 is 0 Å². The Kier molecular flexibility index (Phi) is 6.79. The first-order valence-electron chi connectivity index (χ1n) is 11.3. The maximum absolute atomic E-state index is 13.5. The molecule has 1 unspecified atom stereocenters. The molecule has 2 heterocycles. The van der Waals surface area contributed by atoms with Gasteiger partial charge in [0, 0.05) is 38.4 Å².